The maximum Gasteiger partial charge on any atom is 0.322 e. The predicted molar refractivity (Wildman–Crippen MR) is 85.2 cm³/mol. The number of benzene rings is 1. The minimum Gasteiger partial charge on any atom is -0.481 e. The molecule has 1 saturated heterocycles. The average molecular weight is 409 g/mol. The lowest BCUT2D eigenvalue weighted by Crippen LogP contribution is -2.39. The maximum atomic E-state index is 12.2. The summed E-state index contributed by atoms with van der Waals surface area (Å²) in [6, 6.07) is 4.73. The average Bonchev–Trinajstić information content (AvgIpc) is 2.80. The molecule has 2 N–H and O–H groups in total. The Labute approximate surface area is 135 Å². The Bertz CT molecular complexity index is 538. The van der Waals surface area contributed by atoms with Crippen molar-refractivity contribution in [2.75, 3.05) is 11.9 Å². The third-order valence-corrected chi connectivity index (χ3v) is 4.35. The molecule has 1 aliphatic rings. The molecule has 1 atom stereocenters. The topological polar surface area (TPSA) is 69.6 Å². The van der Waals surface area contributed by atoms with Crippen LogP contribution >= 0.6 is 34.2 Å². The van der Waals surface area contributed by atoms with Crippen LogP contribution in [0, 0.1) is 3.57 Å². The van der Waals surface area contributed by atoms with Gasteiger partial charge in [0, 0.05) is 21.2 Å². The summed E-state index contributed by atoms with van der Waals surface area (Å²) >= 11 is 7.96. The number of rotatable bonds is 3. The van der Waals surface area contributed by atoms with Crippen molar-refractivity contribution in [3.63, 3.8) is 0 Å². The third kappa shape index (κ3) is 3.76. The van der Waals surface area contributed by atoms with Gasteiger partial charge in [-0.15, -0.1) is 0 Å². The normalized spacial score (nSPS) is 18.1. The number of likely N-dealkylation sites (tertiary alicyclic amines) is 1. The molecule has 5 nitrogen and oxygen atoms in total. The Hall–Kier alpha value is -1.02. The first kappa shape index (κ1) is 15.4. The molecule has 0 saturated carbocycles. The van der Waals surface area contributed by atoms with Crippen LogP contribution in [0.1, 0.15) is 19.3 Å². The standard InChI is InChI=1S/C13H14ClIN2O3/c14-8-3-4-11(10(15)6-8)16-13(20)17-5-1-2-9(17)7-12(18)19/h3-4,6,9H,1-2,5,7H2,(H,16,20)(H,18,19). The molecule has 1 aliphatic heterocycles. The molecule has 2 amide bonds. The lowest BCUT2D eigenvalue weighted by atomic mass is 10.1. The molecule has 2 rings (SSSR count). The molecular weight excluding hydrogens is 395 g/mol. The number of carboxylic acid groups (broad SMARTS) is 1. The highest BCUT2D eigenvalue weighted by Gasteiger charge is 2.30. The first-order valence-electron chi connectivity index (χ1n) is 6.22. The Balaban J connectivity index is 2.05. The number of nitrogens with one attached hydrogen (secondary N) is 1. The zero-order valence-electron chi connectivity index (χ0n) is 10.6. The van der Waals surface area contributed by atoms with Crippen molar-refractivity contribution in [1.29, 1.82) is 0 Å². The summed E-state index contributed by atoms with van der Waals surface area (Å²) in [5.74, 6) is -0.879. The number of carboxylic acids is 1. The summed E-state index contributed by atoms with van der Waals surface area (Å²) in [7, 11) is 0. The van der Waals surface area contributed by atoms with Crippen molar-refractivity contribution in [2.45, 2.75) is 25.3 Å². The predicted octanol–water partition coefficient (Wildman–Crippen LogP) is 3.42. The fourth-order valence-corrected chi connectivity index (χ4v) is 3.30. The molecule has 0 spiro atoms. The van der Waals surface area contributed by atoms with E-state index in [4.69, 9.17) is 16.7 Å². The molecule has 0 radical (unpaired) electrons. The van der Waals surface area contributed by atoms with Crippen LogP contribution in [0.2, 0.25) is 5.02 Å². The van der Waals surface area contributed by atoms with Crippen LogP contribution in [0.5, 0.6) is 0 Å². The summed E-state index contributed by atoms with van der Waals surface area (Å²) in [4.78, 5) is 24.6. The molecule has 0 aromatic heterocycles. The van der Waals surface area contributed by atoms with E-state index in [0.29, 0.717) is 17.3 Å². The first-order chi connectivity index (χ1) is 9.47. The van der Waals surface area contributed by atoms with Crippen molar-refractivity contribution >= 4 is 51.9 Å². The molecule has 7 heteroatoms. The van der Waals surface area contributed by atoms with Crippen LogP contribution in [-0.4, -0.2) is 34.6 Å². The van der Waals surface area contributed by atoms with Gasteiger partial charge >= 0.3 is 12.0 Å². The van der Waals surface area contributed by atoms with Gasteiger partial charge in [-0.1, -0.05) is 11.6 Å². The number of hydrogen-bond donors (Lipinski definition) is 2. The van der Waals surface area contributed by atoms with Gasteiger partial charge in [-0.3, -0.25) is 4.79 Å². The molecule has 1 unspecified atom stereocenters. The van der Waals surface area contributed by atoms with Crippen molar-refractivity contribution in [2.24, 2.45) is 0 Å². The molecule has 1 fully saturated rings. The highest BCUT2D eigenvalue weighted by molar-refractivity contribution is 14.1. The summed E-state index contributed by atoms with van der Waals surface area (Å²) in [5.41, 5.74) is 0.681. The Morgan fingerprint density at radius 2 is 2.25 bits per heavy atom. The van der Waals surface area contributed by atoms with E-state index in [0.717, 1.165) is 16.4 Å². The van der Waals surface area contributed by atoms with Crippen molar-refractivity contribution in [3.8, 4) is 0 Å². The molecule has 1 aromatic rings. The van der Waals surface area contributed by atoms with Crippen LogP contribution in [0.3, 0.4) is 0 Å². The number of nitrogens with zero attached hydrogens (tertiary/aromatic N) is 1. The monoisotopic (exact) mass is 408 g/mol. The van der Waals surface area contributed by atoms with Gasteiger partial charge in [-0.2, -0.15) is 0 Å². The summed E-state index contributed by atoms with van der Waals surface area (Å²) in [6.45, 7) is 0.591. The van der Waals surface area contributed by atoms with Gasteiger partial charge in [-0.05, 0) is 53.6 Å². The highest BCUT2D eigenvalue weighted by Crippen LogP contribution is 2.25. The van der Waals surface area contributed by atoms with E-state index in [9.17, 15) is 9.59 Å². The van der Waals surface area contributed by atoms with Crippen molar-refractivity contribution < 1.29 is 14.7 Å². The minimum atomic E-state index is -0.879. The largest absolute Gasteiger partial charge is 0.481 e. The zero-order valence-corrected chi connectivity index (χ0v) is 13.5. The Morgan fingerprint density at radius 3 is 2.90 bits per heavy atom. The second kappa shape index (κ2) is 6.62. The van der Waals surface area contributed by atoms with Gasteiger partial charge in [0.05, 0.1) is 12.1 Å². The van der Waals surface area contributed by atoms with Gasteiger partial charge in [-0.25, -0.2) is 4.79 Å². The molecule has 0 aliphatic carbocycles. The highest BCUT2D eigenvalue weighted by atomic mass is 127. The summed E-state index contributed by atoms with van der Waals surface area (Å²) < 4.78 is 0.845. The first-order valence-corrected chi connectivity index (χ1v) is 7.67. The number of anilines is 1. The summed E-state index contributed by atoms with van der Waals surface area (Å²) in [5, 5.41) is 12.3. The van der Waals surface area contributed by atoms with Crippen molar-refractivity contribution in [3.05, 3.63) is 26.8 Å². The number of carbonyl (C=O) groups is 2. The quantitative estimate of drug-likeness (QED) is 0.753. The van der Waals surface area contributed by atoms with Crippen LogP contribution in [-0.2, 0) is 4.79 Å². The SMILES string of the molecule is O=C(O)CC1CCCN1C(=O)Nc1ccc(Cl)cc1I. The number of aliphatic carboxylic acids is 1. The number of amides is 2. The third-order valence-electron chi connectivity index (χ3n) is 3.22. The van der Waals surface area contributed by atoms with Crippen LogP contribution in [0.4, 0.5) is 10.5 Å². The van der Waals surface area contributed by atoms with E-state index < -0.39 is 5.97 Å². The number of halogens is 2. The van der Waals surface area contributed by atoms with Crippen LogP contribution in [0.25, 0.3) is 0 Å². The fraction of sp³-hybridized carbons (Fsp3) is 0.385. The van der Waals surface area contributed by atoms with E-state index in [1.807, 2.05) is 0 Å². The van der Waals surface area contributed by atoms with E-state index in [1.165, 1.54) is 0 Å². The molecule has 108 valence electrons. The van der Waals surface area contributed by atoms with E-state index >= 15 is 0 Å². The minimum absolute atomic E-state index is 0.00880. The van der Waals surface area contributed by atoms with Crippen LogP contribution in [0.15, 0.2) is 18.2 Å². The Kier molecular flexibility index (Phi) is 5.09. The second-order valence-corrected chi connectivity index (χ2v) is 6.24. The molecule has 1 heterocycles. The van der Waals surface area contributed by atoms with Crippen molar-refractivity contribution in [1.82, 2.24) is 4.90 Å². The summed E-state index contributed by atoms with van der Waals surface area (Å²) in [6.07, 6.45) is 1.56. The van der Waals surface area contributed by atoms with Gasteiger partial charge in [0.25, 0.3) is 0 Å². The lowest BCUT2D eigenvalue weighted by molar-refractivity contribution is -0.137. The van der Waals surface area contributed by atoms with E-state index in [2.05, 4.69) is 27.9 Å². The Morgan fingerprint density at radius 1 is 1.50 bits per heavy atom. The van der Waals surface area contributed by atoms with Gasteiger partial charge < -0.3 is 15.3 Å². The number of carbonyl (C=O) groups excluding carboxylic acids is 1. The zero-order chi connectivity index (χ0) is 14.7. The molecule has 20 heavy (non-hydrogen) atoms. The number of urea groups is 1. The van der Waals surface area contributed by atoms with Crippen LogP contribution < -0.4 is 5.32 Å². The van der Waals surface area contributed by atoms with Gasteiger partial charge in [0.1, 0.15) is 0 Å². The maximum absolute atomic E-state index is 12.2. The van der Waals surface area contributed by atoms with Gasteiger partial charge in [0.2, 0.25) is 0 Å². The lowest BCUT2D eigenvalue weighted by Gasteiger charge is -2.24. The molecular formula is C13H14ClIN2O3. The smallest absolute Gasteiger partial charge is 0.322 e. The second-order valence-electron chi connectivity index (χ2n) is 4.64. The van der Waals surface area contributed by atoms with Gasteiger partial charge in [0.15, 0.2) is 0 Å². The van der Waals surface area contributed by atoms with E-state index in [1.54, 1.807) is 23.1 Å². The fourth-order valence-electron chi connectivity index (χ4n) is 2.29. The molecule has 0 bridgehead atoms. The number of hydrogen-bond acceptors (Lipinski definition) is 2. The van der Waals surface area contributed by atoms with E-state index in [-0.39, 0.29) is 18.5 Å². The molecule has 1 aromatic carbocycles.